The van der Waals surface area contributed by atoms with Gasteiger partial charge in [-0.15, -0.1) is 11.8 Å². The third-order valence-corrected chi connectivity index (χ3v) is 5.24. The fraction of sp³-hybridized carbons (Fsp3) is 0.500. The molecular weight excluding hydrogens is 282 g/mol. The molecule has 0 saturated heterocycles. The Labute approximate surface area is 122 Å². The normalized spacial score (nSPS) is 27.2. The maximum absolute atomic E-state index is 11.5. The quantitative estimate of drug-likeness (QED) is 0.894. The number of benzene rings is 1. The van der Waals surface area contributed by atoms with Crippen LogP contribution < -0.4 is 5.32 Å². The van der Waals surface area contributed by atoms with Crippen molar-refractivity contribution in [3.63, 3.8) is 0 Å². The molecule has 104 valence electrons. The Morgan fingerprint density at radius 3 is 2.74 bits per heavy atom. The van der Waals surface area contributed by atoms with E-state index in [2.05, 4.69) is 5.32 Å². The number of hydrogen-bond donors (Lipinski definition) is 2. The molecule has 0 amide bonds. The van der Waals surface area contributed by atoms with Crippen LogP contribution in [0.2, 0.25) is 5.02 Å². The average molecular weight is 300 g/mol. The Morgan fingerprint density at radius 1 is 1.47 bits per heavy atom. The summed E-state index contributed by atoms with van der Waals surface area (Å²) in [7, 11) is 1.74. The molecular formula is C14H18ClNO2S. The zero-order valence-corrected chi connectivity index (χ0v) is 12.4. The van der Waals surface area contributed by atoms with Crippen molar-refractivity contribution in [1.82, 2.24) is 5.32 Å². The molecule has 0 aromatic heterocycles. The summed E-state index contributed by atoms with van der Waals surface area (Å²) in [6.07, 6.45) is 3.37. The summed E-state index contributed by atoms with van der Waals surface area (Å²) in [4.78, 5) is 12.6. The number of aliphatic carboxylic acids is 1. The lowest BCUT2D eigenvalue weighted by molar-refractivity contribution is -0.146. The van der Waals surface area contributed by atoms with Gasteiger partial charge in [-0.3, -0.25) is 4.79 Å². The molecule has 2 unspecified atom stereocenters. The van der Waals surface area contributed by atoms with Gasteiger partial charge in [0.05, 0.1) is 0 Å². The summed E-state index contributed by atoms with van der Waals surface area (Å²) in [5.41, 5.74) is -0.762. The molecule has 0 radical (unpaired) electrons. The lowest BCUT2D eigenvalue weighted by atomic mass is 9.81. The van der Waals surface area contributed by atoms with Gasteiger partial charge in [0.1, 0.15) is 5.54 Å². The van der Waals surface area contributed by atoms with Crippen LogP contribution in [0.3, 0.4) is 0 Å². The molecule has 1 saturated carbocycles. The number of hydrogen-bond acceptors (Lipinski definition) is 3. The monoisotopic (exact) mass is 299 g/mol. The van der Waals surface area contributed by atoms with Gasteiger partial charge in [0, 0.05) is 15.2 Å². The average Bonchev–Trinajstić information content (AvgIpc) is 2.41. The first kappa shape index (κ1) is 14.7. The number of nitrogens with one attached hydrogen (secondary N) is 1. The third kappa shape index (κ3) is 3.44. The Balaban J connectivity index is 2.05. The van der Waals surface area contributed by atoms with Crippen molar-refractivity contribution in [1.29, 1.82) is 0 Å². The molecule has 2 atom stereocenters. The number of carboxylic acids is 1. The molecule has 1 aliphatic carbocycles. The van der Waals surface area contributed by atoms with Crippen molar-refractivity contribution in [3.05, 3.63) is 29.3 Å². The number of carboxylic acid groups (broad SMARTS) is 1. The lowest BCUT2D eigenvalue weighted by Crippen LogP contribution is -2.53. The first-order valence-corrected chi connectivity index (χ1v) is 7.66. The van der Waals surface area contributed by atoms with E-state index in [1.165, 1.54) is 0 Å². The molecule has 2 N–H and O–H groups in total. The van der Waals surface area contributed by atoms with Gasteiger partial charge in [-0.1, -0.05) is 11.6 Å². The van der Waals surface area contributed by atoms with Crippen LogP contribution >= 0.6 is 23.4 Å². The van der Waals surface area contributed by atoms with Gasteiger partial charge in [0.25, 0.3) is 0 Å². The van der Waals surface area contributed by atoms with Gasteiger partial charge in [-0.25, -0.2) is 0 Å². The fourth-order valence-corrected chi connectivity index (χ4v) is 4.02. The summed E-state index contributed by atoms with van der Waals surface area (Å²) < 4.78 is 0. The number of halogens is 1. The summed E-state index contributed by atoms with van der Waals surface area (Å²) >= 11 is 7.61. The highest BCUT2D eigenvalue weighted by atomic mass is 35.5. The highest BCUT2D eigenvalue weighted by Gasteiger charge is 2.41. The smallest absolute Gasteiger partial charge is 0.323 e. The van der Waals surface area contributed by atoms with Crippen LogP contribution in [0.25, 0.3) is 0 Å². The standard InChI is InChI=1S/C14H18ClNO2S/c1-16-14(13(17)18)8-2-3-12(9-14)19-11-6-4-10(15)5-7-11/h4-7,12,16H,2-3,8-9H2,1H3,(H,17,18). The Morgan fingerprint density at radius 2 is 2.16 bits per heavy atom. The molecule has 5 heteroatoms. The van der Waals surface area contributed by atoms with Crippen LogP contribution in [-0.4, -0.2) is 28.9 Å². The van der Waals surface area contributed by atoms with E-state index in [1.54, 1.807) is 18.8 Å². The zero-order valence-electron chi connectivity index (χ0n) is 10.9. The van der Waals surface area contributed by atoms with Gasteiger partial charge in [-0.05, 0) is 57.0 Å². The van der Waals surface area contributed by atoms with Gasteiger partial charge in [-0.2, -0.15) is 0 Å². The molecule has 1 aromatic carbocycles. The molecule has 0 spiro atoms. The van der Waals surface area contributed by atoms with Crippen LogP contribution in [0.1, 0.15) is 25.7 Å². The minimum absolute atomic E-state index is 0.332. The van der Waals surface area contributed by atoms with E-state index in [0.717, 1.165) is 22.8 Å². The second-order valence-corrected chi connectivity index (χ2v) is 6.74. The van der Waals surface area contributed by atoms with E-state index < -0.39 is 11.5 Å². The fourth-order valence-electron chi connectivity index (χ4n) is 2.56. The summed E-state index contributed by atoms with van der Waals surface area (Å²) in [6, 6.07) is 7.72. The van der Waals surface area contributed by atoms with Crippen LogP contribution in [0.15, 0.2) is 29.2 Å². The van der Waals surface area contributed by atoms with Crippen molar-refractivity contribution in [3.8, 4) is 0 Å². The van der Waals surface area contributed by atoms with Gasteiger partial charge in [0.15, 0.2) is 0 Å². The van der Waals surface area contributed by atoms with Crippen LogP contribution in [0, 0.1) is 0 Å². The van der Waals surface area contributed by atoms with E-state index in [4.69, 9.17) is 11.6 Å². The van der Waals surface area contributed by atoms with Gasteiger partial charge >= 0.3 is 5.97 Å². The van der Waals surface area contributed by atoms with Crippen molar-refractivity contribution in [2.45, 2.75) is 41.4 Å². The molecule has 0 heterocycles. The van der Waals surface area contributed by atoms with Crippen LogP contribution in [0.5, 0.6) is 0 Å². The number of carbonyl (C=O) groups is 1. The van der Waals surface area contributed by atoms with E-state index >= 15 is 0 Å². The topological polar surface area (TPSA) is 49.3 Å². The molecule has 0 aliphatic heterocycles. The molecule has 2 rings (SSSR count). The van der Waals surface area contributed by atoms with E-state index in [0.29, 0.717) is 18.1 Å². The number of thioether (sulfide) groups is 1. The predicted molar refractivity (Wildman–Crippen MR) is 79.0 cm³/mol. The van der Waals surface area contributed by atoms with E-state index in [1.807, 2.05) is 24.3 Å². The van der Waals surface area contributed by atoms with Crippen LogP contribution in [0.4, 0.5) is 0 Å². The minimum Gasteiger partial charge on any atom is -0.480 e. The van der Waals surface area contributed by atoms with Crippen LogP contribution in [-0.2, 0) is 4.79 Å². The molecule has 19 heavy (non-hydrogen) atoms. The first-order chi connectivity index (χ1) is 9.05. The lowest BCUT2D eigenvalue weighted by Gasteiger charge is -2.37. The van der Waals surface area contributed by atoms with Crippen molar-refractivity contribution in [2.24, 2.45) is 0 Å². The summed E-state index contributed by atoms with van der Waals surface area (Å²) in [5.74, 6) is -0.739. The van der Waals surface area contributed by atoms with Gasteiger partial charge in [0.2, 0.25) is 0 Å². The second kappa shape index (κ2) is 6.16. The predicted octanol–water partition coefficient (Wildman–Crippen LogP) is 3.42. The number of likely N-dealkylation sites (N-methyl/N-ethyl adjacent to an activating group) is 1. The van der Waals surface area contributed by atoms with Crippen molar-refractivity contribution >= 4 is 29.3 Å². The van der Waals surface area contributed by atoms with Crippen molar-refractivity contribution in [2.75, 3.05) is 7.05 Å². The van der Waals surface area contributed by atoms with Crippen molar-refractivity contribution < 1.29 is 9.90 Å². The SMILES string of the molecule is CNC1(C(=O)O)CCCC(Sc2ccc(Cl)cc2)C1. The first-order valence-electron chi connectivity index (χ1n) is 6.40. The maximum atomic E-state index is 11.5. The molecule has 1 fully saturated rings. The Kier molecular flexibility index (Phi) is 4.76. The zero-order chi connectivity index (χ0) is 13.9. The van der Waals surface area contributed by atoms with Gasteiger partial charge < -0.3 is 10.4 Å². The summed E-state index contributed by atoms with van der Waals surface area (Å²) in [5, 5.41) is 13.5. The largest absolute Gasteiger partial charge is 0.480 e. The van der Waals surface area contributed by atoms with E-state index in [-0.39, 0.29) is 0 Å². The highest BCUT2D eigenvalue weighted by molar-refractivity contribution is 8.00. The maximum Gasteiger partial charge on any atom is 0.323 e. The molecule has 1 aromatic rings. The second-order valence-electron chi connectivity index (χ2n) is 4.93. The molecule has 1 aliphatic rings. The third-order valence-electron chi connectivity index (χ3n) is 3.71. The van der Waals surface area contributed by atoms with E-state index in [9.17, 15) is 9.90 Å². The molecule has 3 nitrogen and oxygen atoms in total. The highest BCUT2D eigenvalue weighted by Crippen LogP contribution is 2.38. The molecule has 0 bridgehead atoms. The Bertz CT molecular complexity index is 451. The number of rotatable bonds is 4. The summed E-state index contributed by atoms with van der Waals surface area (Å²) in [6.45, 7) is 0. The Hall–Kier alpha value is -0.710. The minimum atomic E-state index is -0.762.